The molecule has 1 fully saturated rings. The lowest BCUT2D eigenvalue weighted by Gasteiger charge is -2.37. The van der Waals surface area contributed by atoms with Gasteiger partial charge in [0.2, 0.25) is 11.7 Å². The summed E-state index contributed by atoms with van der Waals surface area (Å²) in [4.78, 5) is 4.56. The maximum atomic E-state index is 6.06. The lowest BCUT2D eigenvalue weighted by Crippen LogP contribution is -2.36. The van der Waals surface area contributed by atoms with Gasteiger partial charge in [0.25, 0.3) is 0 Å². The van der Waals surface area contributed by atoms with Crippen LogP contribution in [-0.2, 0) is 21.5 Å². The first-order valence-electron chi connectivity index (χ1n) is 7.83. The van der Waals surface area contributed by atoms with Crippen molar-refractivity contribution in [1.29, 1.82) is 0 Å². The topological polar surface area (TPSA) is 83.4 Å². The summed E-state index contributed by atoms with van der Waals surface area (Å²) in [6, 6.07) is 0. The minimum atomic E-state index is -0.389. The van der Waals surface area contributed by atoms with Crippen LogP contribution in [0, 0.1) is 5.92 Å². The summed E-state index contributed by atoms with van der Waals surface area (Å²) in [7, 11) is 1.64. The summed E-state index contributed by atoms with van der Waals surface area (Å²) in [5, 5.41) is 4.18. The Kier molecular flexibility index (Phi) is 5.72. The molecule has 0 aromatic carbocycles. The zero-order valence-corrected chi connectivity index (χ0v) is 13.3. The Bertz CT molecular complexity index is 430. The molecular formula is C15H27N3O3. The molecule has 6 nitrogen and oxygen atoms in total. The third-order valence-electron chi connectivity index (χ3n) is 4.25. The Labute approximate surface area is 126 Å². The summed E-state index contributed by atoms with van der Waals surface area (Å²) >= 11 is 0. The SMILES string of the molecule is CCOC1(c2noc(CC(CN)OC)n2)CCCC(C)C1. The van der Waals surface area contributed by atoms with Gasteiger partial charge in [-0.3, -0.25) is 0 Å². The van der Waals surface area contributed by atoms with E-state index in [1.54, 1.807) is 7.11 Å². The summed E-state index contributed by atoms with van der Waals surface area (Å²) in [5.74, 6) is 1.86. The van der Waals surface area contributed by atoms with Crippen LogP contribution in [0.3, 0.4) is 0 Å². The van der Waals surface area contributed by atoms with Crippen LogP contribution in [0.5, 0.6) is 0 Å². The van der Waals surface area contributed by atoms with Gasteiger partial charge in [-0.25, -0.2) is 0 Å². The highest BCUT2D eigenvalue weighted by Gasteiger charge is 2.41. The predicted octanol–water partition coefficient (Wildman–Crippen LogP) is 2.03. The van der Waals surface area contributed by atoms with E-state index in [9.17, 15) is 0 Å². The van der Waals surface area contributed by atoms with Crippen molar-refractivity contribution >= 4 is 0 Å². The van der Waals surface area contributed by atoms with Gasteiger partial charge in [-0.1, -0.05) is 18.5 Å². The second-order valence-corrected chi connectivity index (χ2v) is 5.94. The van der Waals surface area contributed by atoms with Crippen molar-refractivity contribution < 1.29 is 14.0 Å². The molecule has 2 N–H and O–H groups in total. The van der Waals surface area contributed by atoms with Crippen LogP contribution in [0.15, 0.2) is 4.52 Å². The van der Waals surface area contributed by atoms with E-state index in [1.807, 2.05) is 6.92 Å². The van der Waals surface area contributed by atoms with Gasteiger partial charge in [-0.05, 0) is 32.1 Å². The molecule has 0 amide bonds. The van der Waals surface area contributed by atoms with E-state index in [4.69, 9.17) is 19.7 Å². The number of ether oxygens (including phenoxy) is 2. The minimum Gasteiger partial charge on any atom is -0.380 e. The molecule has 6 heteroatoms. The third kappa shape index (κ3) is 3.81. The molecule has 0 saturated heterocycles. The van der Waals surface area contributed by atoms with Gasteiger partial charge >= 0.3 is 0 Å². The van der Waals surface area contributed by atoms with E-state index >= 15 is 0 Å². The molecule has 3 atom stereocenters. The average Bonchev–Trinajstić information content (AvgIpc) is 2.94. The number of nitrogens with zero attached hydrogens (tertiary/aromatic N) is 2. The molecule has 1 aliphatic carbocycles. The lowest BCUT2D eigenvalue weighted by molar-refractivity contribution is -0.0891. The van der Waals surface area contributed by atoms with Gasteiger partial charge < -0.3 is 19.7 Å². The van der Waals surface area contributed by atoms with Crippen LogP contribution in [0.25, 0.3) is 0 Å². The first-order valence-corrected chi connectivity index (χ1v) is 7.83. The molecule has 0 spiro atoms. The van der Waals surface area contributed by atoms with Crippen molar-refractivity contribution in [3.05, 3.63) is 11.7 Å². The fourth-order valence-electron chi connectivity index (χ4n) is 3.16. The van der Waals surface area contributed by atoms with Crippen molar-refractivity contribution in [2.45, 2.75) is 57.7 Å². The Morgan fingerprint density at radius 3 is 2.95 bits per heavy atom. The van der Waals surface area contributed by atoms with Gasteiger partial charge in [0, 0.05) is 20.3 Å². The molecule has 0 bridgehead atoms. The molecule has 0 aliphatic heterocycles. The van der Waals surface area contributed by atoms with Crippen molar-refractivity contribution in [3.8, 4) is 0 Å². The number of methoxy groups -OCH3 is 1. The van der Waals surface area contributed by atoms with Crippen molar-refractivity contribution in [2.24, 2.45) is 11.7 Å². The first-order chi connectivity index (χ1) is 10.1. The molecule has 2 rings (SSSR count). The van der Waals surface area contributed by atoms with E-state index in [0.717, 1.165) is 19.3 Å². The van der Waals surface area contributed by atoms with E-state index in [-0.39, 0.29) is 11.7 Å². The minimum absolute atomic E-state index is 0.0911. The van der Waals surface area contributed by atoms with Crippen LogP contribution < -0.4 is 5.73 Å². The zero-order valence-electron chi connectivity index (χ0n) is 13.3. The monoisotopic (exact) mass is 297 g/mol. The van der Waals surface area contributed by atoms with E-state index in [2.05, 4.69) is 17.1 Å². The van der Waals surface area contributed by atoms with Crippen LogP contribution in [0.4, 0.5) is 0 Å². The fourth-order valence-corrected chi connectivity index (χ4v) is 3.16. The van der Waals surface area contributed by atoms with E-state index in [0.29, 0.717) is 37.2 Å². The summed E-state index contributed by atoms with van der Waals surface area (Å²) in [6.45, 7) is 5.35. The van der Waals surface area contributed by atoms with Crippen LogP contribution in [-0.4, -0.2) is 36.5 Å². The Balaban J connectivity index is 2.16. The van der Waals surface area contributed by atoms with Gasteiger partial charge in [-0.15, -0.1) is 0 Å². The van der Waals surface area contributed by atoms with E-state index < -0.39 is 0 Å². The second kappa shape index (κ2) is 7.33. The molecule has 21 heavy (non-hydrogen) atoms. The molecule has 3 unspecified atom stereocenters. The maximum absolute atomic E-state index is 6.06. The predicted molar refractivity (Wildman–Crippen MR) is 78.8 cm³/mol. The maximum Gasteiger partial charge on any atom is 0.229 e. The fraction of sp³-hybridized carbons (Fsp3) is 0.867. The first kappa shape index (κ1) is 16.4. The number of hydrogen-bond acceptors (Lipinski definition) is 6. The van der Waals surface area contributed by atoms with Crippen molar-refractivity contribution in [2.75, 3.05) is 20.3 Å². The summed E-state index contributed by atoms with van der Waals surface area (Å²) in [6.07, 6.45) is 4.72. The molecule has 1 saturated carbocycles. The number of aromatic nitrogens is 2. The normalized spacial score (nSPS) is 27.7. The highest BCUT2D eigenvalue weighted by molar-refractivity contribution is 5.04. The van der Waals surface area contributed by atoms with Gasteiger partial charge in [0.1, 0.15) is 5.60 Å². The quantitative estimate of drug-likeness (QED) is 0.829. The van der Waals surface area contributed by atoms with Gasteiger partial charge in [0.05, 0.1) is 12.5 Å². The highest BCUT2D eigenvalue weighted by Crippen LogP contribution is 2.41. The Morgan fingerprint density at radius 1 is 1.52 bits per heavy atom. The number of nitrogens with two attached hydrogens (primary N) is 1. The smallest absolute Gasteiger partial charge is 0.229 e. The van der Waals surface area contributed by atoms with Crippen molar-refractivity contribution in [1.82, 2.24) is 10.1 Å². The molecule has 1 aromatic heterocycles. The lowest BCUT2D eigenvalue weighted by atomic mass is 9.78. The third-order valence-corrected chi connectivity index (χ3v) is 4.25. The Morgan fingerprint density at radius 2 is 2.33 bits per heavy atom. The van der Waals surface area contributed by atoms with Crippen molar-refractivity contribution in [3.63, 3.8) is 0 Å². The van der Waals surface area contributed by atoms with Gasteiger partial charge in [-0.2, -0.15) is 4.98 Å². The summed E-state index contributed by atoms with van der Waals surface area (Å²) < 4.78 is 16.7. The summed E-state index contributed by atoms with van der Waals surface area (Å²) in [5.41, 5.74) is 5.24. The largest absolute Gasteiger partial charge is 0.380 e. The van der Waals surface area contributed by atoms with E-state index in [1.165, 1.54) is 6.42 Å². The molecule has 1 aliphatic rings. The second-order valence-electron chi connectivity index (χ2n) is 5.94. The van der Waals surface area contributed by atoms with Gasteiger partial charge in [0.15, 0.2) is 0 Å². The molecule has 120 valence electrons. The number of hydrogen-bond donors (Lipinski definition) is 1. The Hall–Kier alpha value is -0.980. The molecule has 0 radical (unpaired) electrons. The molecule has 1 heterocycles. The van der Waals surface area contributed by atoms with Crippen LogP contribution >= 0.6 is 0 Å². The molecule has 1 aromatic rings. The standard InChI is InChI=1S/C15H27N3O3/c1-4-20-15(7-5-6-11(2)9-15)14-17-13(21-18-14)8-12(10-16)19-3/h11-12H,4-10,16H2,1-3H3. The van der Waals surface area contributed by atoms with Crippen LogP contribution in [0.2, 0.25) is 0 Å². The number of rotatable bonds is 7. The van der Waals surface area contributed by atoms with Crippen LogP contribution in [0.1, 0.15) is 51.2 Å². The zero-order chi connectivity index (χ0) is 15.3. The average molecular weight is 297 g/mol. The highest BCUT2D eigenvalue weighted by atomic mass is 16.5. The molecular weight excluding hydrogens is 270 g/mol.